The normalized spacial score (nSPS) is 12.2. The van der Waals surface area contributed by atoms with Crippen molar-refractivity contribution in [1.29, 1.82) is 0 Å². The number of carbonyl (C=O) groups excluding carboxylic acids is 2. The summed E-state index contributed by atoms with van der Waals surface area (Å²) < 4.78 is 9.13. The minimum atomic E-state index is -0.686. The van der Waals surface area contributed by atoms with Crippen LogP contribution in [-0.2, 0) is 9.53 Å². The van der Waals surface area contributed by atoms with E-state index in [0.717, 1.165) is 0 Å². The van der Waals surface area contributed by atoms with Gasteiger partial charge in [-0.2, -0.15) is 0 Å². The molecule has 0 aliphatic rings. The number of aromatic nitrogens is 1. The third-order valence-electron chi connectivity index (χ3n) is 2.08. The van der Waals surface area contributed by atoms with Crippen molar-refractivity contribution < 1.29 is 18.8 Å². The maximum absolute atomic E-state index is 11.6. The molecule has 0 aliphatic heterocycles. The highest BCUT2D eigenvalue weighted by molar-refractivity contribution is 5.95. The summed E-state index contributed by atoms with van der Waals surface area (Å²) in [6, 6.07) is 0.735. The maximum atomic E-state index is 11.6. The van der Waals surface area contributed by atoms with E-state index in [-0.39, 0.29) is 11.6 Å². The SMILES string of the molecule is COC(=O)C(NC(=O)c1ccon1)C(C)C. The summed E-state index contributed by atoms with van der Waals surface area (Å²) in [6.07, 6.45) is 1.29. The van der Waals surface area contributed by atoms with Gasteiger partial charge in [0, 0.05) is 6.07 Å². The fraction of sp³-hybridized carbons (Fsp3) is 0.500. The predicted molar refractivity (Wildman–Crippen MR) is 54.6 cm³/mol. The van der Waals surface area contributed by atoms with Gasteiger partial charge in [0.15, 0.2) is 5.69 Å². The van der Waals surface area contributed by atoms with Gasteiger partial charge in [-0.3, -0.25) is 4.79 Å². The smallest absolute Gasteiger partial charge is 0.328 e. The average Bonchev–Trinajstić information content (AvgIpc) is 2.77. The van der Waals surface area contributed by atoms with E-state index < -0.39 is 17.9 Å². The van der Waals surface area contributed by atoms with Crippen LogP contribution in [0.2, 0.25) is 0 Å². The Balaban J connectivity index is 2.69. The zero-order chi connectivity index (χ0) is 12.1. The van der Waals surface area contributed by atoms with Crippen LogP contribution in [0.5, 0.6) is 0 Å². The Morgan fingerprint density at radius 3 is 2.62 bits per heavy atom. The van der Waals surface area contributed by atoms with Gasteiger partial charge in [-0.25, -0.2) is 4.79 Å². The number of hydrogen-bond acceptors (Lipinski definition) is 5. The number of nitrogens with one attached hydrogen (secondary N) is 1. The molecular weight excluding hydrogens is 212 g/mol. The van der Waals surface area contributed by atoms with E-state index in [2.05, 4.69) is 19.7 Å². The van der Waals surface area contributed by atoms with Crippen molar-refractivity contribution in [1.82, 2.24) is 10.5 Å². The molecule has 1 heterocycles. The highest BCUT2D eigenvalue weighted by atomic mass is 16.5. The molecule has 0 saturated heterocycles. The first kappa shape index (κ1) is 12.2. The van der Waals surface area contributed by atoms with E-state index in [1.54, 1.807) is 0 Å². The van der Waals surface area contributed by atoms with Crippen LogP contribution in [0.4, 0.5) is 0 Å². The zero-order valence-corrected chi connectivity index (χ0v) is 9.39. The molecule has 1 atom stereocenters. The molecule has 1 amide bonds. The van der Waals surface area contributed by atoms with Gasteiger partial charge in [0.05, 0.1) is 7.11 Å². The fourth-order valence-corrected chi connectivity index (χ4v) is 1.17. The van der Waals surface area contributed by atoms with Crippen LogP contribution in [-0.4, -0.2) is 30.2 Å². The average molecular weight is 226 g/mol. The highest BCUT2D eigenvalue weighted by Crippen LogP contribution is 2.05. The van der Waals surface area contributed by atoms with E-state index in [1.807, 2.05) is 13.8 Å². The summed E-state index contributed by atoms with van der Waals surface area (Å²) in [4.78, 5) is 23.0. The molecule has 1 N–H and O–H groups in total. The van der Waals surface area contributed by atoms with Crippen LogP contribution < -0.4 is 5.32 Å². The van der Waals surface area contributed by atoms with Crippen molar-refractivity contribution in [2.24, 2.45) is 5.92 Å². The Labute approximate surface area is 92.9 Å². The lowest BCUT2D eigenvalue weighted by molar-refractivity contribution is -0.144. The molecule has 0 radical (unpaired) electrons. The standard InChI is InChI=1S/C10H14N2O4/c1-6(2)8(10(14)15-3)11-9(13)7-4-5-16-12-7/h4-6,8H,1-3H3,(H,11,13). The zero-order valence-electron chi connectivity index (χ0n) is 9.39. The summed E-state index contributed by atoms with van der Waals surface area (Å²) in [7, 11) is 1.28. The molecule has 0 saturated carbocycles. The Bertz CT molecular complexity index is 359. The third kappa shape index (κ3) is 2.82. The second-order valence-corrected chi connectivity index (χ2v) is 3.60. The Morgan fingerprint density at radius 2 is 2.19 bits per heavy atom. The molecular formula is C10H14N2O4. The molecule has 1 unspecified atom stereocenters. The number of ether oxygens (including phenoxy) is 1. The quantitative estimate of drug-likeness (QED) is 0.760. The Hall–Kier alpha value is -1.85. The topological polar surface area (TPSA) is 81.4 Å². The molecule has 0 aliphatic carbocycles. The number of rotatable bonds is 4. The van der Waals surface area contributed by atoms with Crippen molar-refractivity contribution in [3.63, 3.8) is 0 Å². The molecule has 1 aromatic heterocycles. The van der Waals surface area contributed by atoms with Gasteiger partial charge in [-0.15, -0.1) is 0 Å². The predicted octanol–water partition coefficient (Wildman–Crippen LogP) is 0.602. The van der Waals surface area contributed by atoms with E-state index in [4.69, 9.17) is 0 Å². The Kier molecular flexibility index (Phi) is 4.04. The van der Waals surface area contributed by atoms with E-state index in [0.29, 0.717) is 0 Å². The number of esters is 1. The van der Waals surface area contributed by atoms with Gasteiger partial charge in [0.1, 0.15) is 12.3 Å². The van der Waals surface area contributed by atoms with E-state index in [1.165, 1.54) is 19.4 Å². The largest absolute Gasteiger partial charge is 0.467 e. The molecule has 0 aromatic carbocycles. The first-order valence-corrected chi connectivity index (χ1v) is 4.85. The second kappa shape index (κ2) is 5.29. The van der Waals surface area contributed by atoms with Crippen LogP contribution in [0.15, 0.2) is 16.9 Å². The number of amides is 1. The van der Waals surface area contributed by atoms with E-state index in [9.17, 15) is 9.59 Å². The molecule has 0 fully saturated rings. The Morgan fingerprint density at radius 1 is 1.50 bits per heavy atom. The summed E-state index contributed by atoms with van der Waals surface area (Å²) in [5.74, 6) is -1.01. The maximum Gasteiger partial charge on any atom is 0.328 e. The lowest BCUT2D eigenvalue weighted by atomic mass is 10.0. The van der Waals surface area contributed by atoms with Gasteiger partial charge in [-0.1, -0.05) is 19.0 Å². The number of nitrogens with zero attached hydrogens (tertiary/aromatic N) is 1. The number of hydrogen-bond donors (Lipinski definition) is 1. The van der Waals surface area contributed by atoms with Crippen molar-refractivity contribution in [2.75, 3.05) is 7.11 Å². The number of carbonyl (C=O) groups is 2. The van der Waals surface area contributed by atoms with Crippen LogP contribution in [0.3, 0.4) is 0 Å². The fourth-order valence-electron chi connectivity index (χ4n) is 1.17. The highest BCUT2D eigenvalue weighted by Gasteiger charge is 2.26. The van der Waals surface area contributed by atoms with Gasteiger partial charge in [0.25, 0.3) is 5.91 Å². The molecule has 6 nitrogen and oxygen atoms in total. The first-order chi connectivity index (χ1) is 7.56. The summed E-state index contributed by atoms with van der Waals surface area (Å²) in [5, 5.41) is 6.01. The van der Waals surface area contributed by atoms with Gasteiger partial charge < -0.3 is 14.6 Å². The molecule has 1 aromatic rings. The van der Waals surface area contributed by atoms with Gasteiger partial charge >= 0.3 is 5.97 Å². The third-order valence-corrected chi connectivity index (χ3v) is 2.08. The minimum absolute atomic E-state index is 0.0664. The van der Waals surface area contributed by atoms with Crippen LogP contribution in [0.1, 0.15) is 24.3 Å². The second-order valence-electron chi connectivity index (χ2n) is 3.60. The summed E-state index contributed by atoms with van der Waals surface area (Å²) in [6.45, 7) is 3.62. The van der Waals surface area contributed by atoms with Crippen molar-refractivity contribution >= 4 is 11.9 Å². The number of methoxy groups -OCH3 is 1. The lowest BCUT2D eigenvalue weighted by Gasteiger charge is -2.18. The summed E-state index contributed by atoms with van der Waals surface area (Å²) >= 11 is 0. The monoisotopic (exact) mass is 226 g/mol. The van der Waals surface area contributed by atoms with Crippen molar-refractivity contribution in [2.45, 2.75) is 19.9 Å². The first-order valence-electron chi connectivity index (χ1n) is 4.85. The van der Waals surface area contributed by atoms with Gasteiger partial charge in [0.2, 0.25) is 0 Å². The summed E-state index contributed by atoms with van der Waals surface area (Å²) in [5.41, 5.74) is 0.134. The minimum Gasteiger partial charge on any atom is -0.467 e. The van der Waals surface area contributed by atoms with Crippen molar-refractivity contribution in [3.05, 3.63) is 18.0 Å². The van der Waals surface area contributed by atoms with Crippen LogP contribution >= 0.6 is 0 Å². The van der Waals surface area contributed by atoms with Crippen molar-refractivity contribution in [3.8, 4) is 0 Å². The molecule has 0 bridgehead atoms. The molecule has 88 valence electrons. The molecule has 16 heavy (non-hydrogen) atoms. The van der Waals surface area contributed by atoms with Crippen LogP contribution in [0.25, 0.3) is 0 Å². The molecule has 6 heteroatoms. The van der Waals surface area contributed by atoms with Gasteiger partial charge in [-0.05, 0) is 5.92 Å². The molecule has 1 rings (SSSR count). The van der Waals surface area contributed by atoms with E-state index >= 15 is 0 Å². The van der Waals surface area contributed by atoms with Crippen LogP contribution in [0, 0.1) is 5.92 Å². The lowest BCUT2D eigenvalue weighted by Crippen LogP contribution is -2.45. The molecule has 0 spiro atoms.